The van der Waals surface area contributed by atoms with E-state index in [2.05, 4.69) is 10.6 Å². The van der Waals surface area contributed by atoms with Crippen LogP contribution in [0.25, 0.3) is 0 Å². The number of benzene rings is 1. The van der Waals surface area contributed by atoms with E-state index in [0.29, 0.717) is 13.2 Å². The van der Waals surface area contributed by atoms with E-state index >= 15 is 0 Å². The molecule has 1 aromatic rings. The summed E-state index contributed by atoms with van der Waals surface area (Å²) in [4.78, 5) is 23.4. The van der Waals surface area contributed by atoms with Crippen molar-refractivity contribution in [2.75, 3.05) is 7.11 Å². The standard InChI is InChI=1S/C16H24N2O3/c1-11(2)15(18-12(3)19)16(20)17-9-13-7-5-6-8-14(13)10-21-4/h5-8,11,15H,9-10H2,1-4H3,(H,17,20)(H,18,19). The minimum absolute atomic E-state index is 0.0307. The van der Waals surface area contributed by atoms with Gasteiger partial charge in [0, 0.05) is 20.6 Å². The molecule has 1 aromatic carbocycles. The van der Waals surface area contributed by atoms with Crippen LogP contribution in [0.15, 0.2) is 24.3 Å². The number of ether oxygens (including phenoxy) is 1. The molecule has 0 aromatic heterocycles. The second-order valence-corrected chi connectivity index (χ2v) is 5.34. The van der Waals surface area contributed by atoms with Gasteiger partial charge >= 0.3 is 0 Å². The summed E-state index contributed by atoms with van der Waals surface area (Å²) in [6.07, 6.45) is 0. The van der Waals surface area contributed by atoms with Crippen LogP contribution in [0.4, 0.5) is 0 Å². The molecule has 0 fully saturated rings. The molecular formula is C16H24N2O3. The molecule has 0 spiro atoms. The minimum Gasteiger partial charge on any atom is -0.380 e. The van der Waals surface area contributed by atoms with E-state index in [1.807, 2.05) is 38.1 Å². The first-order valence-electron chi connectivity index (χ1n) is 7.06. The van der Waals surface area contributed by atoms with E-state index in [1.165, 1.54) is 6.92 Å². The van der Waals surface area contributed by atoms with Crippen LogP contribution in [0.1, 0.15) is 31.9 Å². The Labute approximate surface area is 126 Å². The van der Waals surface area contributed by atoms with Crippen LogP contribution in [-0.4, -0.2) is 25.0 Å². The first kappa shape index (κ1) is 17.2. The molecule has 0 aliphatic rings. The Morgan fingerprint density at radius 1 is 1.19 bits per heavy atom. The van der Waals surface area contributed by atoms with Crippen molar-refractivity contribution in [1.29, 1.82) is 0 Å². The van der Waals surface area contributed by atoms with Crippen LogP contribution < -0.4 is 10.6 Å². The predicted octanol–water partition coefficient (Wildman–Crippen LogP) is 1.61. The van der Waals surface area contributed by atoms with Gasteiger partial charge in [-0.05, 0) is 17.0 Å². The van der Waals surface area contributed by atoms with Gasteiger partial charge in [-0.3, -0.25) is 9.59 Å². The van der Waals surface area contributed by atoms with Gasteiger partial charge in [0.1, 0.15) is 6.04 Å². The molecule has 0 radical (unpaired) electrons. The van der Waals surface area contributed by atoms with Gasteiger partial charge in [-0.2, -0.15) is 0 Å². The molecule has 0 bridgehead atoms. The highest BCUT2D eigenvalue weighted by atomic mass is 16.5. The maximum atomic E-state index is 12.2. The molecule has 2 N–H and O–H groups in total. The number of methoxy groups -OCH3 is 1. The fourth-order valence-corrected chi connectivity index (χ4v) is 2.07. The van der Waals surface area contributed by atoms with Crippen molar-refractivity contribution < 1.29 is 14.3 Å². The van der Waals surface area contributed by atoms with Crippen LogP contribution >= 0.6 is 0 Å². The normalized spacial score (nSPS) is 12.0. The van der Waals surface area contributed by atoms with Crippen molar-refractivity contribution in [3.8, 4) is 0 Å². The SMILES string of the molecule is COCc1ccccc1CNC(=O)C(NC(C)=O)C(C)C. The molecular weight excluding hydrogens is 268 g/mol. The highest BCUT2D eigenvalue weighted by Crippen LogP contribution is 2.10. The summed E-state index contributed by atoms with van der Waals surface area (Å²) in [5.74, 6) is -0.348. The predicted molar refractivity (Wildman–Crippen MR) is 81.4 cm³/mol. The van der Waals surface area contributed by atoms with Gasteiger partial charge in [0.15, 0.2) is 0 Å². The number of nitrogens with one attached hydrogen (secondary N) is 2. The lowest BCUT2D eigenvalue weighted by Gasteiger charge is -2.21. The molecule has 5 heteroatoms. The third kappa shape index (κ3) is 5.55. The molecule has 2 amide bonds. The number of hydrogen-bond acceptors (Lipinski definition) is 3. The maximum Gasteiger partial charge on any atom is 0.243 e. The summed E-state index contributed by atoms with van der Waals surface area (Å²) < 4.78 is 5.14. The van der Waals surface area contributed by atoms with Crippen molar-refractivity contribution in [3.05, 3.63) is 35.4 Å². The molecule has 0 saturated carbocycles. The van der Waals surface area contributed by atoms with Crippen molar-refractivity contribution in [3.63, 3.8) is 0 Å². The summed E-state index contributed by atoms with van der Waals surface area (Å²) in [7, 11) is 1.64. The van der Waals surface area contributed by atoms with Gasteiger partial charge < -0.3 is 15.4 Å². The van der Waals surface area contributed by atoms with Crippen molar-refractivity contribution in [1.82, 2.24) is 10.6 Å². The van der Waals surface area contributed by atoms with E-state index in [1.54, 1.807) is 7.11 Å². The second-order valence-electron chi connectivity index (χ2n) is 5.34. The quantitative estimate of drug-likeness (QED) is 0.802. The Morgan fingerprint density at radius 3 is 2.33 bits per heavy atom. The highest BCUT2D eigenvalue weighted by Gasteiger charge is 2.22. The first-order chi connectivity index (χ1) is 9.95. The van der Waals surface area contributed by atoms with Crippen LogP contribution in [0.3, 0.4) is 0 Å². The van der Waals surface area contributed by atoms with Gasteiger partial charge in [-0.25, -0.2) is 0 Å². The highest BCUT2D eigenvalue weighted by molar-refractivity contribution is 5.87. The lowest BCUT2D eigenvalue weighted by molar-refractivity contribution is -0.129. The van der Waals surface area contributed by atoms with Crippen LogP contribution in [0.2, 0.25) is 0 Å². The number of hydrogen-bond donors (Lipinski definition) is 2. The number of rotatable bonds is 7. The zero-order valence-corrected chi connectivity index (χ0v) is 13.1. The lowest BCUT2D eigenvalue weighted by atomic mass is 10.0. The van der Waals surface area contributed by atoms with E-state index in [4.69, 9.17) is 4.74 Å². The summed E-state index contributed by atoms with van der Waals surface area (Å²) in [5.41, 5.74) is 2.05. The van der Waals surface area contributed by atoms with E-state index in [0.717, 1.165) is 11.1 Å². The molecule has 1 rings (SSSR count). The number of amides is 2. The molecule has 5 nitrogen and oxygen atoms in total. The van der Waals surface area contributed by atoms with Crippen LogP contribution in [-0.2, 0) is 27.5 Å². The van der Waals surface area contributed by atoms with Gasteiger partial charge in [0.05, 0.1) is 6.61 Å². The van der Waals surface area contributed by atoms with Crippen molar-refractivity contribution >= 4 is 11.8 Å². The summed E-state index contributed by atoms with van der Waals surface area (Å²) in [6.45, 7) is 6.14. The average Bonchev–Trinajstić information content (AvgIpc) is 2.43. The van der Waals surface area contributed by atoms with Crippen molar-refractivity contribution in [2.24, 2.45) is 5.92 Å². The molecule has 0 saturated heterocycles. The van der Waals surface area contributed by atoms with E-state index in [9.17, 15) is 9.59 Å². The van der Waals surface area contributed by atoms with Gasteiger partial charge in [0.2, 0.25) is 11.8 Å². The zero-order chi connectivity index (χ0) is 15.8. The largest absolute Gasteiger partial charge is 0.380 e. The summed E-state index contributed by atoms with van der Waals surface area (Å²) in [5, 5.41) is 5.55. The first-order valence-corrected chi connectivity index (χ1v) is 7.06. The third-order valence-electron chi connectivity index (χ3n) is 3.18. The lowest BCUT2D eigenvalue weighted by Crippen LogP contribution is -2.48. The molecule has 0 heterocycles. The number of carbonyl (C=O) groups is 2. The number of carbonyl (C=O) groups excluding carboxylic acids is 2. The molecule has 21 heavy (non-hydrogen) atoms. The van der Waals surface area contributed by atoms with Gasteiger partial charge in [0.25, 0.3) is 0 Å². The van der Waals surface area contributed by atoms with Crippen molar-refractivity contribution in [2.45, 2.75) is 40.0 Å². The Balaban J connectivity index is 2.68. The molecule has 116 valence electrons. The summed E-state index contributed by atoms with van der Waals surface area (Å²) in [6, 6.07) is 7.27. The third-order valence-corrected chi connectivity index (χ3v) is 3.18. The molecule has 1 unspecified atom stereocenters. The average molecular weight is 292 g/mol. The van der Waals surface area contributed by atoms with E-state index < -0.39 is 6.04 Å². The monoisotopic (exact) mass is 292 g/mol. The fourth-order valence-electron chi connectivity index (χ4n) is 2.07. The maximum absolute atomic E-state index is 12.2. The van der Waals surface area contributed by atoms with E-state index in [-0.39, 0.29) is 17.7 Å². The Kier molecular flexibility index (Phi) is 6.88. The van der Waals surface area contributed by atoms with Gasteiger partial charge in [-0.1, -0.05) is 38.1 Å². The topological polar surface area (TPSA) is 67.4 Å². The molecule has 0 aliphatic heterocycles. The van der Waals surface area contributed by atoms with Gasteiger partial charge in [-0.15, -0.1) is 0 Å². The Hall–Kier alpha value is -1.88. The second kappa shape index (κ2) is 8.42. The Morgan fingerprint density at radius 2 is 1.81 bits per heavy atom. The zero-order valence-electron chi connectivity index (χ0n) is 13.1. The van der Waals surface area contributed by atoms with Crippen LogP contribution in [0.5, 0.6) is 0 Å². The molecule has 1 atom stereocenters. The minimum atomic E-state index is -0.517. The smallest absolute Gasteiger partial charge is 0.243 e. The Bertz CT molecular complexity index is 486. The molecule has 0 aliphatic carbocycles. The van der Waals surface area contributed by atoms with Crippen LogP contribution in [0, 0.1) is 5.92 Å². The summed E-state index contributed by atoms with van der Waals surface area (Å²) >= 11 is 0. The fraction of sp³-hybridized carbons (Fsp3) is 0.500.